The molecule has 0 aliphatic carbocycles. The first-order chi connectivity index (χ1) is 2.00. The first-order valence-corrected chi connectivity index (χ1v) is 2.19. The van der Waals surface area contributed by atoms with Crippen LogP contribution in [0.15, 0.2) is 0 Å². The van der Waals surface area contributed by atoms with Crippen LogP contribution >= 0.6 is 7.82 Å². The molecule has 0 aromatic heterocycles. The van der Waals surface area contributed by atoms with Crippen molar-refractivity contribution in [2.75, 3.05) is 0 Å². The molecule has 8 heavy (non-hydrogen) atoms. The van der Waals surface area contributed by atoms with Crippen molar-refractivity contribution >= 4 is 7.82 Å². The van der Waals surface area contributed by atoms with Crippen LogP contribution in [-0.2, 0) is 24.0 Å². The zero-order valence-corrected chi connectivity index (χ0v) is 10.8. The minimum atomic E-state index is -5.39. The van der Waals surface area contributed by atoms with E-state index >= 15 is 0 Å². The molecular weight excluding hydrogens is 219 g/mol. The third-order valence-electron chi connectivity index (χ3n) is 0. The van der Waals surface area contributed by atoms with Crippen molar-refractivity contribution in [1.29, 1.82) is 0 Å². The van der Waals surface area contributed by atoms with Gasteiger partial charge in [0.25, 0.3) is 0 Å². The quantitative estimate of drug-likeness (QED) is 0.299. The fourth-order valence-electron chi connectivity index (χ4n) is 0. The van der Waals surface area contributed by atoms with Gasteiger partial charge in [-0.1, -0.05) is 0 Å². The van der Waals surface area contributed by atoms with Crippen molar-refractivity contribution in [2.45, 2.75) is 0 Å². The fourth-order valence-corrected chi connectivity index (χ4v) is 0. The van der Waals surface area contributed by atoms with E-state index in [2.05, 4.69) is 0 Å². The van der Waals surface area contributed by atoms with Crippen LogP contribution in [0.5, 0.6) is 0 Å². The minimum Gasteiger partial charge on any atom is -1.00 e. The van der Waals surface area contributed by atoms with E-state index in [0.717, 1.165) is 0 Å². The predicted octanol–water partition coefficient (Wildman–Crippen LogP) is -8.82. The van der Waals surface area contributed by atoms with Crippen molar-refractivity contribution in [2.24, 2.45) is 0 Å². The van der Waals surface area contributed by atoms with Gasteiger partial charge in [0, 0.05) is 0 Å². The summed E-state index contributed by atoms with van der Waals surface area (Å²) in [5, 5.41) is 0. The predicted molar refractivity (Wildman–Crippen MR) is 7.61 cm³/mol. The Labute approximate surface area is 87.8 Å². The molecule has 0 heterocycles. The maximum atomic E-state index is 8.55. The largest absolute Gasteiger partial charge is 2.00 e. The molecule has 0 spiro atoms. The van der Waals surface area contributed by atoms with Gasteiger partial charge in [-0.25, -0.2) is 0 Å². The SMILES string of the molecule is O=P([O-])([O-])[O-].[Cl-].[Na+].[Zn+2]. The third kappa shape index (κ3) is 96.7. The smallest absolute Gasteiger partial charge is 1.00 e. The molecule has 0 saturated heterocycles. The summed E-state index contributed by atoms with van der Waals surface area (Å²) in [6, 6.07) is 0. The summed E-state index contributed by atoms with van der Waals surface area (Å²) < 4.78 is 8.55. The summed E-state index contributed by atoms with van der Waals surface area (Å²) in [5.41, 5.74) is 0. The van der Waals surface area contributed by atoms with Gasteiger partial charge in [0.1, 0.15) is 0 Å². The van der Waals surface area contributed by atoms with Gasteiger partial charge >= 0.3 is 49.0 Å². The van der Waals surface area contributed by atoms with Crippen molar-refractivity contribution in [3.63, 3.8) is 0 Å². The molecule has 0 unspecified atom stereocenters. The van der Waals surface area contributed by atoms with Crippen molar-refractivity contribution in [3.8, 4) is 0 Å². The number of hydrogen-bond donors (Lipinski definition) is 0. The van der Waals surface area contributed by atoms with Crippen LogP contribution in [0, 0.1) is 0 Å². The third-order valence-corrected chi connectivity index (χ3v) is 0. The average molecular weight is 219 g/mol. The molecule has 0 saturated carbocycles. The maximum absolute atomic E-state index is 8.55. The van der Waals surface area contributed by atoms with Crippen molar-refractivity contribution in [1.82, 2.24) is 0 Å². The van der Waals surface area contributed by atoms with Crippen molar-refractivity contribution < 1.29 is 80.7 Å². The van der Waals surface area contributed by atoms with E-state index in [4.69, 9.17) is 19.2 Å². The molecule has 0 amide bonds. The van der Waals surface area contributed by atoms with Crippen LogP contribution < -0.4 is 56.6 Å². The second-order valence-corrected chi connectivity index (χ2v) is 1.34. The number of hydrogen-bond acceptors (Lipinski definition) is 4. The second-order valence-electron chi connectivity index (χ2n) is 0.447. The molecule has 0 radical (unpaired) electrons. The average Bonchev–Trinajstić information content (AvgIpc) is 0.722. The Morgan fingerprint density at radius 3 is 1.12 bits per heavy atom. The van der Waals surface area contributed by atoms with Crippen LogP contribution in [0.4, 0.5) is 0 Å². The molecule has 0 aromatic carbocycles. The summed E-state index contributed by atoms with van der Waals surface area (Å²) in [5.74, 6) is 0. The molecular formula is ClNaO4PZn-. The molecule has 0 rings (SSSR count). The minimum absolute atomic E-state index is 0. The molecule has 0 fully saturated rings. The molecule has 0 atom stereocenters. The number of halogens is 1. The first kappa shape index (κ1) is 22.5. The van der Waals surface area contributed by atoms with E-state index in [9.17, 15) is 0 Å². The normalized spacial score (nSPS) is 7.38. The molecule has 0 aliphatic heterocycles. The van der Waals surface area contributed by atoms with Gasteiger partial charge in [-0.15, -0.1) is 0 Å². The molecule has 4 nitrogen and oxygen atoms in total. The standard InChI is InChI=1S/ClH.Na.H3O4P.Zn/c;;1-5(2,3)4;/h1H;;(H3,1,2,3,4);/q;+1;;+2/p-4. The van der Waals surface area contributed by atoms with E-state index in [-0.39, 0.29) is 61.4 Å². The van der Waals surface area contributed by atoms with E-state index < -0.39 is 7.82 Å². The van der Waals surface area contributed by atoms with Gasteiger partial charge in [0.15, 0.2) is 0 Å². The van der Waals surface area contributed by atoms with Crippen LogP contribution in [0.1, 0.15) is 0 Å². The Kier molecular flexibility index (Phi) is 25.4. The van der Waals surface area contributed by atoms with E-state index in [1.54, 1.807) is 0 Å². The monoisotopic (exact) mass is 217 g/mol. The topological polar surface area (TPSA) is 86.2 Å². The van der Waals surface area contributed by atoms with Gasteiger partial charge in [-0.05, 0) is 0 Å². The zero-order chi connectivity index (χ0) is 4.50. The van der Waals surface area contributed by atoms with Gasteiger partial charge < -0.3 is 31.7 Å². The number of rotatable bonds is 0. The Balaban J connectivity index is -0.0000000267. The Bertz CT molecular complexity index is 62.2. The molecule has 0 aliphatic rings. The van der Waals surface area contributed by atoms with Crippen LogP contribution in [0.2, 0.25) is 0 Å². The van der Waals surface area contributed by atoms with Crippen molar-refractivity contribution in [3.05, 3.63) is 0 Å². The summed E-state index contributed by atoms with van der Waals surface area (Å²) in [6.07, 6.45) is 0. The summed E-state index contributed by atoms with van der Waals surface area (Å²) in [7, 11) is -5.39. The van der Waals surface area contributed by atoms with E-state index in [1.807, 2.05) is 0 Å². The van der Waals surface area contributed by atoms with E-state index in [1.165, 1.54) is 0 Å². The fraction of sp³-hybridized carbons (Fsp3) is 0. The molecule has 0 aromatic rings. The molecule has 8 heteroatoms. The number of phosphoric acid groups is 1. The zero-order valence-electron chi connectivity index (χ0n) is 4.17. The van der Waals surface area contributed by atoms with Gasteiger partial charge in [-0.3, -0.25) is 0 Å². The maximum Gasteiger partial charge on any atom is 2.00 e. The van der Waals surface area contributed by atoms with Gasteiger partial charge in [-0.2, -0.15) is 7.82 Å². The summed E-state index contributed by atoms with van der Waals surface area (Å²) in [4.78, 5) is 25.6. The molecule has 0 bridgehead atoms. The van der Waals surface area contributed by atoms with Gasteiger partial charge in [0.2, 0.25) is 0 Å². The Hall–Kier alpha value is 2.02. The first-order valence-electron chi connectivity index (χ1n) is 0.730. The van der Waals surface area contributed by atoms with E-state index in [0.29, 0.717) is 0 Å². The molecule has 0 N–H and O–H groups in total. The summed E-state index contributed by atoms with van der Waals surface area (Å²) >= 11 is 0. The summed E-state index contributed by atoms with van der Waals surface area (Å²) in [6.45, 7) is 0. The van der Waals surface area contributed by atoms with Gasteiger partial charge in [0.05, 0.1) is 0 Å². The van der Waals surface area contributed by atoms with Crippen LogP contribution in [-0.4, -0.2) is 0 Å². The Morgan fingerprint density at radius 2 is 1.12 bits per heavy atom. The molecule has 40 valence electrons. The Morgan fingerprint density at radius 1 is 1.12 bits per heavy atom. The van der Waals surface area contributed by atoms with Crippen LogP contribution in [0.25, 0.3) is 0 Å². The van der Waals surface area contributed by atoms with Crippen LogP contribution in [0.3, 0.4) is 0 Å². The second kappa shape index (κ2) is 9.02.